The van der Waals surface area contributed by atoms with Crippen molar-refractivity contribution in [3.05, 3.63) is 24.7 Å². The molecule has 1 atom stereocenters. The monoisotopic (exact) mass is 186 g/mol. The molecule has 0 aliphatic heterocycles. The largest absolute Gasteiger partial charge is 0.475 e. The van der Waals surface area contributed by atoms with E-state index >= 15 is 0 Å². The van der Waals surface area contributed by atoms with Crippen LogP contribution in [0.25, 0.3) is 0 Å². The van der Waals surface area contributed by atoms with Crippen LogP contribution in [0.5, 0.6) is 0 Å². The summed E-state index contributed by atoms with van der Waals surface area (Å²) in [5, 5.41) is 8.65. The molecule has 1 unspecified atom stereocenters. The zero-order valence-corrected chi connectivity index (χ0v) is 7.82. The van der Waals surface area contributed by atoms with E-state index in [1.54, 1.807) is 6.92 Å². The Bertz CT molecular complexity index is 208. The molecule has 0 amide bonds. The van der Waals surface area contributed by atoms with Crippen molar-refractivity contribution in [2.75, 3.05) is 0 Å². The van der Waals surface area contributed by atoms with E-state index in [9.17, 15) is 4.79 Å². The van der Waals surface area contributed by atoms with Crippen LogP contribution in [-0.2, 0) is 14.3 Å². The first-order chi connectivity index (χ1) is 6.11. The Kier molecular flexibility index (Phi) is 5.43. The molecule has 0 heterocycles. The molecule has 4 nitrogen and oxygen atoms in total. The van der Waals surface area contributed by atoms with Gasteiger partial charge in [0, 0.05) is 6.92 Å². The number of hydrogen-bond donors (Lipinski definition) is 1. The molecular weight excluding hydrogens is 172 g/mol. The minimum atomic E-state index is -1.10. The summed E-state index contributed by atoms with van der Waals surface area (Å²) in [5.41, 5.74) is 0. The van der Waals surface area contributed by atoms with Crippen molar-refractivity contribution in [2.45, 2.75) is 26.6 Å². The van der Waals surface area contributed by atoms with Crippen LogP contribution in [0.2, 0.25) is 0 Å². The lowest BCUT2D eigenvalue weighted by molar-refractivity contribution is -0.143. The summed E-state index contributed by atoms with van der Waals surface area (Å²) < 4.78 is 9.77. The lowest BCUT2D eigenvalue weighted by Crippen LogP contribution is -2.14. The Morgan fingerprint density at radius 1 is 1.69 bits per heavy atom. The molecule has 0 bridgehead atoms. The van der Waals surface area contributed by atoms with Crippen LogP contribution in [0.1, 0.15) is 20.3 Å². The average molecular weight is 186 g/mol. The number of aliphatic carboxylic acids is 1. The fourth-order valence-corrected chi connectivity index (χ4v) is 0.713. The molecule has 0 saturated heterocycles. The van der Waals surface area contributed by atoms with E-state index in [4.69, 9.17) is 14.6 Å². The number of carboxylic acids is 1. The summed E-state index contributed by atoms with van der Waals surface area (Å²) in [6, 6.07) is 0. The second-order valence-electron chi connectivity index (χ2n) is 2.27. The highest BCUT2D eigenvalue weighted by Crippen LogP contribution is 2.05. The van der Waals surface area contributed by atoms with E-state index in [0.29, 0.717) is 6.42 Å². The number of carboxylic acid groups (broad SMARTS) is 1. The van der Waals surface area contributed by atoms with Crippen molar-refractivity contribution >= 4 is 5.97 Å². The molecule has 0 saturated carbocycles. The first-order valence-electron chi connectivity index (χ1n) is 3.98. The van der Waals surface area contributed by atoms with Gasteiger partial charge in [0.15, 0.2) is 0 Å². The van der Waals surface area contributed by atoms with E-state index in [1.807, 2.05) is 6.92 Å². The molecule has 0 aromatic carbocycles. The molecule has 0 aliphatic carbocycles. The standard InChI is InChI=1S/C9H14O4/c1-4-6-8(9(10)11)13-7(3)12-5-2/h5-7H,2,4H2,1,3H3,(H,10,11)/b8-6+. The third-order valence-corrected chi connectivity index (χ3v) is 1.18. The van der Waals surface area contributed by atoms with Crippen molar-refractivity contribution in [2.24, 2.45) is 0 Å². The molecular formula is C9H14O4. The zero-order valence-electron chi connectivity index (χ0n) is 7.82. The highest BCUT2D eigenvalue weighted by molar-refractivity contribution is 5.84. The molecule has 74 valence electrons. The Morgan fingerprint density at radius 3 is 2.69 bits per heavy atom. The predicted molar refractivity (Wildman–Crippen MR) is 47.8 cm³/mol. The summed E-state index contributed by atoms with van der Waals surface area (Å²) in [5.74, 6) is -1.20. The molecule has 0 aromatic heterocycles. The van der Waals surface area contributed by atoms with Crippen molar-refractivity contribution in [1.29, 1.82) is 0 Å². The van der Waals surface area contributed by atoms with Gasteiger partial charge >= 0.3 is 5.97 Å². The quantitative estimate of drug-likeness (QED) is 0.391. The molecule has 0 aliphatic rings. The van der Waals surface area contributed by atoms with Crippen LogP contribution in [0.3, 0.4) is 0 Å². The SMILES string of the molecule is C=COC(C)O/C(=C/CC)C(=O)O. The van der Waals surface area contributed by atoms with Crippen LogP contribution >= 0.6 is 0 Å². The zero-order chi connectivity index (χ0) is 10.3. The second kappa shape index (κ2) is 6.11. The first-order valence-corrected chi connectivity index (χ1v) is 3.98. The van der Waals surface area contributed by atoms with Gasteiger partial charge in [-0.1, -0.05) is 13.5 Å². The van der Waals surface area contributed by atoms with Gasteiger partial charge in [0.2, 0.25) is 12.0 Å². The molecule has 1 N–H and O–H groups in total. The minimum Gasteiger partial charge on any atom is -0.475 e. The van der Waals surface area contributed by atoms with Gasteiger partial charge in [-0.05, 0) is 12.5 Å². The maximum absolute atomic E-state index is 10.6. The normalized spacial score (nSPS) is 13.2. The summed E-state index contributed by atoms with van der Waals surface area (Å²) >= 11 is 0. The van der Waals surface area contributed by atoms with Gasteiger partial charge < -0.3 is 14.6 Å². The van der Waals surface area contributed by atoms with Gasteiger partial charge in [-0.15, -0.1) is 0 Å². The molecule has 0 rings (SSSR count). The van der Waals surface area contributed by atoms with Gasteiger partial charge in [-0.2, -0.15) is 0 Å². The maximum Gasteiger partial charge on any atom is 0.370 e. The summed E-state index contributed by atoms with van der Waals surface area (Å²) in [6.07, 6.45) is 2.65. The molecule has 13 heavy (non-hydrogen) atoms. The van der Waals surface area contributed by atoms with Gasteiger partial charge in [0.1, 0.15) is 0 Å². The predicted octanol–water partition coefficient (Wildman–Crippen LogP) is 1.89. The molecule has 0 spiro atoms. The molecule has 4 heteroatoms. The fourth-order valence-electron chi connectivity index (χ4n) is 0.713. The van der Waals surface area contributed by atoms with Crippen molar-refractivity contribution in [1.82, 2.24) is 0 Å². The number of rotatable bonds is 6. The maximum atomic E-state index is 10.6. The van der Waals surface area contributed by atoms with E-state index in [1.165, 1.54) is 12.3 Å². The van der Waals surface area contributed by atoms with Crippen molar-refractivity contribution in [3.8, 4) is 0 Å². The molecule has 0 radical (unpaired) electrons. The van der Waals surface area contributed by atoms with Crippen LogP contribution in [0, 0.1) is 0 Å². The van der Waals surface area contributed by atoms with Gasteiger partial charge in [0.25, 0.3) is 0 Å². The summed E-state index contributed by atoms with van der Waals surface area (Å²) in [6.45, 7) is 6.75. The van der Waals surface area contributed by atoms with Crippen LogP contribution in [0.15, 0.2) is 24.7 Å². The van der Waals surface area contributed by atoms with Gasteiger partial charge in [-0.3, -0.25) is 0 Å². The summed E-state index contributed by atoms with van der Waals surface area (Å²) in [7, 11) is 0. The topological polar surface area (TPSA) is 55.8 Å². The lowest BCUT2D eigenvalue weighted by Gasteiger charge is -2.13. The highest BCUT2D eigenvalue weighted by Gasteiger charge is 2.11. The fraction of sp³-hybridized carbons (Fsp3) is 0.444. The number of hydrogen-bond acceptors (Lipinski definition) is 3. The van der Waals surface area contributed by atoms with Crippen LogP contribution in [-0.4, -0.2) is 17.4 Å². The summed E-state index contributed by atoms with van der Waals surface area (Å²) in [4.78, 5) is 10.6. The van der Waals surface area contributed by atoms with Gasteiger partial charge in [-0.25, -0.2) is 4.79 Å². The van der Waals surface area contributed by atoms with E-state index in [0.717, 1.165) is 0 Å². The van der Waals surface area contributed by atoms with E-state index in [-0.39, 0.29) is 5.76 Å². The molecule has 0 aromatic rings. The average Bonchev–Trinajstić information content (AvgIpc) is 2.04. The second-order valence-corrected chi connectivity index (χ2v) is 2.27. The van der Waals surface area contributed by atoms with Crippen LogP contribution in [0.4, 0.5) is 0 Å². The Hall–Kier alpha value is -1.45. The first kappa shape index (κ1) is 11.6. The Balaban J connectivity index is 4.18. The number of ether oxygens (including phenoxy) is 2. The van der Waals surface area contributed by atoms with E-state index < -0.39 is 12.3 Å². The third-order valence-electron chi connectivity index (χ3n) is 1.18. The van der Waals surface area contributed by atoms with Crippen molar-refractivity contribution < 1.29 is 19.4 Å². The Labute approximate surface area is 77.5 Å². The van der Waals surface area contributed by atoms with Crippen LogP contribution < -0.4 is 0 Å². The minimum absolute atomic E-state index is 0.100. The number of allylic oxidation sites excluding steroid dienone is 1. The molecule has 0 fully saturated rings. The van der Waals surface area contributed by atoms with E-state index in [2.05, 4.69) is 6.58 Å². The lowest BCUT2D eigenvalue weighted by atomic mass is 10.4. The van der Waals surface area contributed by atoms with Gasteiger partial charge in [0.05, 0.1) is 6.26 Å². The van der Waals surface area contributed by atoms with Crippen molar-refractivity contribution in [3.63, 3.8) is 0 Å². The third kappa shape index (κ3) is 4.90. The Morgan fingerprint density at radius 2 is 2.31 bits per heavy atom. The number of carbonyl (C=O) groups is 1. The highest BCUT2D eigenvalue weighted by atomic mass is 16.7. The smallest absolute Gasteiger partial charge is 0.370 e.